The van der Waals surface area contributed by atoms with Crippen LogP contribution in [0.2, 0.25) is 0 Å². The largest absolute Gasteiger partial charge is 0.373 e. The SMILES string of the molecule is CNc1ccc2[nH]c(Cc3cccc(F)c3F)nc2n1. The molecule has 3 rings (SSSR count). The number of anilines is 1. The zero-order chi connectivity index (χ0) is 14.1. The lowest BCUT2D eigenvalue weighted by molar-refractivity contribution is 0.500. The van der Waals surface area contributed by atoms with Crippen LogP contribution >= 0.6 is 0 Å². The number of imidazole rings is 1. The first-order chi connectivity index (χ1) is 9.67. The first-order valence-corrected chi connectivity index (χ1v) is 6.13. The van der Waals surface area contributed by atoms with E-state index in [1.54, 1.807) is 7.05 Å². The molecule has 2 aromatic heterocycles. The predicted molar refractivity (Wildman–Crippen MR) is 72.6 cm³/mol. The maximum Gasteiger partial charge on any atom is 0.179 e. The lowest BCUT2D eigenvalue weighted by atomic mass is 10.1. The molecule has 0 saturated carbocycles. The van der Waals surface area contributed by atoms with Gasteiger partial charge in [0.1, 0.15) is 11.6 Å². The van der Waals surface area contributed by atoms with E-state index in [0.29, 0.717) is 17.3 Å². The number of aromatic nitrogens is 3. The monoisotopic (exact) mass is 274 g/mol. The number of benzene rings is 1. The number of hydrogen-bond donors (Lipinski definition) is 2. The molecule has 4 nitrogen and oxygen atoms in total. The molecule has 2 heterocycles. The van der Waals surface area contributed by atoms with E-state index >= 15 is 0 Å². The number of nitrogens with one attached hydrogen (secondary N) is 2. The number of halogens is 2. The summed E-state index contributed by atoms with van der Waals surface area (Å²) < 4.78 is 26.8. The average molecular weight is 274 g/mol. The van der Waals surface area contributed by atoms with Crippen LogP contribution in [0.1, 0.15) is 11.4 Å². The Kier molecular flexibility index (Phi) is 3.06. The Morgan fingerprint density at radius 2 is 2.00 bits per heavy atom. The average Bonchev–Trinajstić information content (AvgIpc) is 2.85. The Labute approximate surface area is 113 Å². The van der Waals surface area contributed by atoms with Gasteiger partial charge in [-0.05, 0) is 23.8 Å². The Hall–Kier alpha value is -2.50. The van der Waals surface area contributed by atoms with Crippen LogP contribution in [0.3, 0.4) is 0 Å². The summed E-state index contributed by atoms with van der Waals surface area (Å²) in [7, 11) is 1.77. The van der Waals surface area contributed by atoms with Crippen molar-refractivity contribution in [1.29, 1.82) is 0 Å². The molecule has 0 atom stereocenters. The fraction of sp³-hybridized carbons (Fsp3) is 0.143. The zero-order valence-corrected chi connectivity index (χ0v) is 10.7. The van der Waals surface area contributed by atoms with Gasteiger partial charge in [0, 0.05) is 13.5 Å². The van der Waals surface area contributed by atoms with Crippen molar-refractivity contribution >= 4 is 17.0 Å². The minimum absolute atomic E-state index is 0.189. The van der Waals surface area contributed by atoms with Gasteiger partial charge in [-0.1, -0.05) is 12.1 Å². The quantitative estimate of drug-likeness (QED) is 0.772. The summed E-state index contributed by atoms with van der Waals surface area (Å²) in [5.41, 5.74) is 1.57. The van der Waals surface area contributed by atoms with E-state index in [1.807, 2.05) is 12.1 Å². The summed E-state index contributed by atoms with van der Waals surface area (Å²) in [6, 6.07) is 7.77. The van der Waals surface area contributed by atoms with E-state index < -0.39 is 11.6 Å². The van der Waals surface area contributed by atoms with Crippen LogP contribution in [0.5, 0.6) is 0 Å². The molecular weight excluding hydrogens is 262 g/mol. The second kappa shape index (κ2) is 4.88. The molecule has 1 aromatic carbocycles. The van der Waals surface area contributed by atoms with Crippen molar-refractivity contribution in [3.63, 3.8) is 0 Å². The highest BCUT2D eigenvalue weighted by molar-refractivity contribution is 5.72. The molecule has 3 aromatic rings. The van der Waals surface area contributed by atoms with Gasteiger partial charge in [0.05, 0.1) is 5.52 Å². The molecule has 2 N–H and O–H groups in total. The predicted octanol–water partition coefficient (Wildman–Crippen LogP) is 2.87. The van der Waals surface area contributed by atoms with Crippen LogP contribution < -0.4 is 5.32 Å². The van der Waals surface area contributed by atoms with Crippen molar-refractivity contribution in [2.24, 2.45) is 0 Å². The Bertz CT molecular complexity index is 767. The minimum atomic E-state index is -0.853. The molecule has 0 aliphatic carbocycles. The van der Waals surface area contributed by atoms with Crippen LogP contribution in [-0.4, -0.2) is 22.0 Å². The molecule has 0 radical (unpaired) electrons. The van der Waals surface area contributed by atoms with Crippen molar-refractivity contribution in [2.75, 3.05) is 12.4 Å². The van der Waals surface area contributed by atoms with Crippen LogP contribution in [0, 0.1) is 11.6 Å². The molecule has 102 valence electrons. The molecule has 20 heavy (non-hydrogen) atoms. The van der Waals surface area contributed by atoms with Crippen LogP contribution in [0.4, 0.5) is 14.6 Å². The summed E-state index contributed by atoms with van der Waals surface area (Å²) in [4.78, 5) is 11.6. The third-order valence-electron chi connectivity index (χ3n) is 3.04. The number of fused-ring (bicyclic) bond motifs is 1. The number of H-pyrrole nitrogens is 1. The van der Waals surface area contributed by atoms with E-state index in [9.17, 15) is 8.78 Å². The molecule has 0 aliphatic rings. The van der Waals surface area contributed by atoms with E-state index in [1.165, 1.54) is 12.1 Å². The highest BCUT2D eigenvalue weighted by atomic mass is 19.2. The van der Waals surface area contributed by atoms with Gasteiger partial charge in [0.25, 0.3) is 0 Å². The lowest BCUT2D eigenvalue weighted by Gasteiger charge is -2.00. The van der Waals surface area contributed by atoms with Crippen molar-refractivity contribution in [3.05, 3.63) is 53.4 Å². The third kappa shape index (κ3) is 2.20. The molecule has 0 bridgehead atoms. The third-order valence-corrected chi connectivity index (χ3v) is 3.04. The maximum atomic E-state index is 13.6. The summed E-state index contributed by atoms with van der Waals surface area (Å²) in [5, 5.41) is 2.92. The maximum absolute atomic E-state index is 13.6. The van der Waals surface area contributed by atoms with Gasteiger partial charge >= 0.3 is 0 Å². The second-order valence-electron chi connectivity index (χ2n) is 4.39. The van der Waals surface area contributed by atoms with E-state index in [0.717, 1.165) is 11.6 Å². The molecule has 0 unspecified atom stereocenters. The Morgan fingerprint density at radius 3 is 2.80 bits per heavy atom. The lowest BCUT2D eigenvalue weighted by Crippen LogP contribution is -1.97. The fourth-order valence-corrected chi connectivity index (χ4v) is 2.03. The van der Waals surface area contributed by atoms with Crippen molar-refractivity contribution in [1.82, 2.24) is 15.0 Å². The van der Waals surface area contributed by atoms with Crippen LogP contribution in [0.15, 0.2) is 30.3 Å². The van der Waals surface area contributed by atoms with Gasteiger partial charge in [-0.3, -0.25) is 0 Å². The summed E-state index contributed by atoms with van der Waals surface area (Å²) >= 11 is 0. The van der Waals surface area contributed by atoms with Gasteiger partial charge in [-0.25, -0.2) is 18.7 Å². The van der Waals surface area contributed by atoms with Gasteiger partial charge in [-0.15, -0.1) is 0 Å². The smallest absolute Gasteiger partial charge is 0.179 e. The Morgan fingerprint density at radius 1 is 1.15 bits per heavy atom. The molecule has 0 fully saturated rings. The van der Waals surface area contributed by atoms with Gasteiger partial charge in [0.15, 0.2) is 17.3 Å². The van der Waals surface area contributed by atoms with Crippen molar-refractivity contribution in [3.8, 4) is 0 Å². The number of rotatable bonds is 3. The topological polar surface area (TPSA) is 53.6 Å². The number of pyridine rings is 1. The Balaban J connectivity index is 1.96. The van der Waals surface area contributed by atoms with Gasteiger partial charge in [0.2, 0.25) is 0 Å². The van der Waals surface area contributed by atoms with Crippen LogP contribution in [0.25, 0.3) is 11.2 Å². The highest BCUT2D eigenvalue weighted by Crippen LogP contribution is 2.17. The van der Waals surface area contributed by atoms with Gasteiger partial charge in [-0.2, -0.15) is 0 Å². The highest BCUT2D eigenvalue weighted by Gasteiger charge is 2.11. The molecule has 0 amide bonds. The van der Waals surface area contributed by atoms with Crippen LogP contribution in [-0.2, 0) is 6.42 Å². The second-order valence-corrected chi connectivity index (χ2v) is 4.39. The van der Waals surface area contributed by atoms with E-state index in [2.05, 4.69) is 20.3 Å². The summed E-state index contributed by atoms with van der Waals surface area (Å²) in [5.74, 6) is -0.441. The van der Waals surface area contributed by atoms with Crippen molar-refractivity contribution in [2.45, 2.75) is 6.42 Å². The molecule has 0 saturated heterocycles. The molecule has 0 aliphatic heterocycles. The number of aromatic amines is 1. The first kappa shape index (κ1) is 12.5. The normalized spacial score (nSPS) is 10.9. The van der Waals surface area contributed by atoms with Gasteiger partial charge < -0.3 is 10.3 Å². The summed E-state index contributed by atoms with van der Waals surface area (Å²) in [6.07, 6.45) is 0.189. The van der Waals surface area contributed by atoms with E-state index in [-0.39, 0.29) is 12.0 Å². The standard InChI is InChI=1S/C14H12F2N4/c1-17-11-6-5-10-14(19-11)20-12(18-10)7-8-3-2-4-9(15)13(8)16/h2-6H,7H2,1H3,(H2,17,18,19,20). The fourth-order valence-electron chi connectivity index (χ4n) is 2.03. The molecular formula is C14H12F2N4. The number of hydrogen-bond acceptors (Lipinski definition) is 3. The zero-order valence-electron chi connectivity index (χ0n) is 10.7. The van der Waals surface area contributed by atoms with Crippen molar-refractivity contribution < 1.29 is 8.78 Å². The molecule has 0 spiro atoms. The summed E-state index contributed by atoms with van der Waals surface area (Å²) in [6.45, 7) is 0. The van der Waals surface area contributed by atoms with E-state index in [4.69, 9.17) is 0 Å². The first-order valence-electron chi connectivity index (χ1n) is 6.13. The molecule has 6 heteroatoms. The number of nitrogens with zero attached hydrogens (tertiary/aromatic N) is 2. The minimum Gasteiger partial charge on any atom is -0.373 e.